The molecular formula is C20H18O3. The molecule has 1 atom stereocenters. The van der Waals surface area contributed by atoms with Gasteiger partial charge in [-0.2, -0.15) is 0 Å². The molecule has 3 nitrogen and oxygen atoms in total. The molecule has 1 saturated carbocycles. The Morgan fingerprint density at radius 1 is 1.09 bits per heavy atom. The summed E-state index contributed by atoms with van der Waals surface area (Å²) in [7, 11) is 0. The molecule has 0 heterocycles. The molecule has 0 bridgehead atoms. The average Bonchev–Trinajstić information content (AvgIpc) is 3.28. The monoisotopic (exact) mass is 306 g/mol. The van der Waals surface area contributed by atoms with Crippen LogP contribution >= 0.6 is 0 Å². The van der Waals surface area contributed by atoms with Gasteiger partial charge in [-0.05, 0) is 28.7 Å². The minimum absolute atomic E-state index is 0.101. The van der Waals surface area contributed by atoms with Crippen LogP contribution < -0.4 is 0 Å². The molecule has 2 aromatic rings. The molecule has 0 N–H and O–H groups in total. The number of hydrogen-bond donors (Lipinski definition) is 0. The number of ether oxygens (including phenoxy) is 2. The van der Waals surface area contributed by atoms with Crippen molar-refractivity contribution in [1.29, 1.82) is 0 Å². The van der Waals surface area contributed by atoms with Crippen LogP contribution in [0, 0.1) is 5.92 Å². The number of fused-ring (bicyclic) bond motifs is 5. The van der Waals surface area contributed by atoms with Crippen LogP contribution in [-0.2, 0) is 19.7 Å². The molecule has 1 fully saturated rings. The van der Waals surface area contributed by atoms with Crippen molar-refractivity contribution in [2.24, 2.45) is 5.92 Å². The summed E-state index contributed by atoms with van der Waals surface area (Å²) >= 11 is 0. The van der Waals surface area contributed by atoms with Gasteiger partial charge in [-0.25, -0.2) is 0 Å². The molecule has 2 aromatic carbocycles. The van der Waals surface area contributed by atoms with Crippen molar-refractivity contribution < 1.29 is 14.3 Å². The highest BCUT2D eigenvalue weighted by molar-refractivity contribution is 5.90. The molecule has 1 spiro atoms. The third-order valence-corrected chi connectivity index (χ3v) is 4.91. The van der Waals surface area contributed by atoms with E-state index in [1.807, 2.05) is 12.1 Å². The summed E-state index contributed by atoms with van der Waals surface area (Å²) in [6, 6.07) is 16.8. The number of carbonyl (C=O) groups is 1. The Bertz CT molecular complexity index is 732. The van der Waals surface area contributed by atoms with Gasteiger partial charge >= 0.3 is 5.97 Å². The lowest BCUT2D eigenvalue weighted by Gasteiger charge is -2.13. The number of carbonyl (C=O) groups excluding carboxylic acids is 1. The maximum atomic E-state index is 12.4. The van der Waals surface area contributed by atoms with Crippen molar-refractivity contribution >= 4 is 5.97 Å². The minimum atomic E-state index is -0.191. The van der Waals surface area contributed by atoms with Gasteiger partial charge in [0.25, 0.3) is 0 Å². The molecule has 0 aromatic heterocycles. The van der Waals surface area contributed by atoms with Gasteiger partial charge in [-0.3, -0.25) is 4.79 Å². The van der Waals surface area contributed by atoms with E-state index in [1.165, 1.54) is 28.5 Å². The highest BCUT2D eigenvalue weighted by atomic mass is 16.6. The zero-order valence-electron chi connectivity index (χ0n) is 12.8. The predicted octanol–water partition coefficient (Wildman–Crippen LogP) is 3.68. The Kier molecular flexibility index (Phi) is 3.22. The maximum Gasteiger partial charge on any atom is 0.310 e. The molecule has 3 heteroatoms. The van der Waals surface area contributed by atoms with E-state index < -0.39 is 0 Å². The summed E-state index contributed by atoms with van der Waals surface area (Å²) in [6.45, 7) is 4.08. The molecule has 4 rings (SSSR count). The van der Waals surface area contributed by atoms with Crippen molar-refractivity contribution in [3.63, 3.8) is 0 Å². The van der Waals surface area contributed by atoms with Crippen molar-refractivity contribution in [2.45, 2.75) is 11.8 Å². The van der Waals surface area contributed by atoms with Gasteiger partial charge in [0.2, 0.25) is 0 Å². The van der Waals surface area contributed by atoms with Crippen LogP contribution in [0.3, 0.4) is 0 Å². The summed E-state index contributed by atoms with van der Waals surface area (Å²) < 4.78 is 10.4. The van der Waals surface area contributed by atoms with Gasteiger partial charge < -0.3 is 9.47 Å². The lowest BCUT2D eigenvalue weighted by molar-refractivity contribution is -0.146. The van der Waals surface area contributed by atoms with Gasteiger partial charge in [0.1, 0.15) is 13.2 Å². The molecule has 0 amide bonds. The van der Waals surface area contributed by atoms with Gasteiger partial charge in [-0.15, -0.1) is 0 Å². The molecular weight excluding hydrogens is 288 g/mol. The largest absolute Gasteiger partial charge is 0.498 e. The van der Waals surface area contributed by atoms with Crippen LogP contribution in [-0.4, -0.2) is 19.2 Å². The van der Waals surface area contributed by atoms with E-state index in [2.05, 4.69) is 43.0 Å². The number of rotatable bonds is 5. The lowest BCUT2D eigenvalue weighted by Crippen LogP contribution is -2.18. The van der Waals surface area contributed by atoms with E-state index in [9.17, 15) is 4.79 Å². The third kappa shape index (κ3) is 2.00. The normalized spacial score (nSPS) is 18.9. The van der Waals surface area contributed by atoms with E-state index >= 15 is 0 Å². The zero-order chi connectivity index (χ0) is 15.9. The van der Waals surface area contributed by atoms with Crippen molar-refractivity contribution in [2.75, 3.05) is 13.2 Å². The number of esters is 1. The molecule has 0 saturated heterocycles. The van der Waals surface area contributed by atoms with Crippen LogP contribution in [0.2, 0.25) is 0 Å². The average molecular weight is 306 g/mol. The Morgan fingerprint density at radius 2 is 1.70 bits per heavy atom. The molecule has 116 valence electrons. The first-order chi connectivity index (χ1) is 11.3. The Morgan fingerprint density at radius 3 is 2.30 bits per heavy atom. The Labute approximate surface area is 135 Å². The topological polar surface area (TPSA) is 35.5 Å². The Balaban J connectivity index is 1.63. The second-order valence-corrected chi connectivity index (χ2v) is 6.02. The van der Waals surface area contributed by atoms with Crippen LogP contribution in [0.4, 0.5) is 0 Å². The maximum absolute atomic E-state index is 12.4. The molecule has 2 aliphatic carbocycles. The van der Waals surface area contributed by atoms with E-state index in [0.29, 0.717) is 6.61 Å². The molecule has 0 radical (unpaired) electrons. The number of hydrogen-bond acceptors (Lipinski definition) is 3. The van der Waals surface area contributed by atoms with Crippen LogP contribution in [0.5, 0.6) is 0 Å². The first kappa shape index (κ1) is 14.1. The zero-order valence-corrected chi connectivity index (χ0v) is 12.8. The van der Waals surface area contributed by atoms with Gasteiger partial charge in [-0.1, -0.05) is 55.1 Å². The highest BCUT2D eigenvalue weighted by Gasteiger charge is 2.64. The van der Waals surface area contributed by atoms with E-state index in [1.54, 1.807) is 0 Å². The SMILES string of the molecule is C=COCCOC(=O)C1CC12c1ccccc1-c1ccccc12. The van der Waals surface area contributed by atoms with Gasteiger partial charge in [0, 0.05) is 5.41 Å². The van der Waals surface area contributed by atoms with Gasteiger partial charge in [0.05, 0.1) is 12.2 Å². The lowest BCUT2D eigenvalue weighted by atomic mass is 9.91. The fraction of sp³-hybridized carbons (Fsp3) is 0.250. The van der Waals surface area contributed by atoms with Gasteiger partial charge in [0.15, 0.2) is 0 Å². The fourth-order valence-electron chi connectivity index (χ4n) is 3.88. The van der Waals surface area contributed by atoms with Crippen LogP contribution in [0.1, 0.15) is 17.5 Å². The second kappa shape index (κ2) is 5.27. The van der Waals surface area contributed by atoms with Crippen molar-refractivity contribution in [3.8, 4) is 11.1 Å². The van der Waals surface area contributed by atoms with Crippen LogP contribution in [0.25, 0.3) is 11.1 Å². The summed E-state index contributed by atoms with van der Waals surface area (Å²) in [6.07, 6.45) is 2.18. The van der Waals surface area contributed by atoms with Crippen molar-refractivity contribution in [1.82, 2.24) is 0 Å². The van der Waals surface area contributed by atoms with E-state index in [0.717, 1.165) is 6.42 Å². The quantitative estimate of drug-likeness (QED) is 0.480. The third-order valence-electron chi connectivity index (χ3n) is 4.91. The van der Waals surface area contributed by atoms with E-state index in [-0.39, 0.29) is 23.9 Å². The number of benzene rings is 2. The molecule has 2 aliphatic rings. The standard InChI is InChI=1S/C20H18O3/c1-2-22-11-12-23-19(21)18-13-20(18)16-9-5-3-7-14(16)15-8-4-6-10-17(15)20/h2-10,18H,1,11-13H2. The van der Waals surface area contributed by atoms with Crippen molar-refractivity contribution in [3.05, 3.63) is 72.5 Å². The fourth-order valence-corrected chi connectivity index (χ4v) is 3.88. The van der Waals surface area contributed by atoms with Crippen LogP contribution in [0.15, 0.2) is 61.4 Å². The second-order valence-electron chi connectivity index (χ2n) is 6.02. The van der Waals surface area contributed by atoms with E-state index in [4.69, 9.17) is 9.47 Å². The minimum Gasteiger partial charge on any atom is -0.498 e. The highest BCUT2D eigenvalue weighted by Crippen LogP contribution is 2.66. The molecule has 23 heavy (non-hydrogen) atoms. The summed E-state index contributed by atoms with van der Waals surface area (Å²) in [5, 5.41) is 0. The summed E-state index contributed by atoms with van der Waals surface area (Å²) in [5.74, 6) is -0.236. The first-order valence-electron chi connectivity index (χ1n) is 7.87. The molecule has 0 aliphatic heterocycles. The Hall–Kier alpha value is -2.55. The summed E-state index contributed by atoms with van der Waals surface area (Å²) in [5.41, 5.74) is 4.81. The first-order valence-corrected chi connectivity index (χ1v) is 7.87. The molecule has 1 unspecified atom stereocenters. The summed E-state index contributed by atoms with van der Waals surface area (Å²) in [4.78, 5) is 12.4. The smallest absolute Gasteiger partial charge is 0.310 e. The predicted molar refractivity (Wildman–Crippen MR) is 87.9 cm³/mol.